The van der Waals surface area contributed by atoms with Gasteiger partial charge < -0.3 is 4.90 Å². The Morgan fingerprint density at radius 2 is 2.20 bits per heavy atom. The molecule has 3 nitrogen and oxygen atoms in total. The fourth-order valence-electron chi connectivity index (χ4n) is 3.41. The lowest BCUT2D eigenvalue weighted by molar-refractivity contribution is 0.0916. The zero-order valence-corrected chi connectivity index (χ0v) is 13.6. The van der Waals surface area contributed by atoms with Gasteiger partial charge in [-0.15, -0.1) is 0 Å². The maximum atomic E-state index is 12.3. The van der Waals surface area contributed by atoms with E-state index >= 15 is 0 Å². The molecule has 0 radical (unpaired) electrons. The van der Waals surface area contributed by atoms with Crippen LogP contribution in [0.2, 0.25) is 0 Å². The molecule has 0 saturated carbocycles. The molecule has 0 amide bonds. The summed E-state index contributed by atoms with van der Waals surface area (Å²) in [5.74, 6) is 1.08. The Kier molecular flexibility index (Phi) is 3.61. The molecule has 1 saturated heterocycles. The molecule has 4 heteroatoms. The molecule has 0 N–H and O–H groups in total. The van der Waals surface area contributed by atoms with Crippen LogP contribution in [0.5, 0.6) is 0 Å². The van der Waals surface area contributed by atoms with E-state index in [0.29, 0.717) is 12.2 Å². The van der Waals surface area contributed by atoms with Crippen LogP contribution in [-0.2, 0) is 6.42 Å². The first-order chi connectivity index (χ1) is 9.48. The lowest BCUT2D eigenvalue weighted by atomic mass is 9.78. The van der Waals surface area contributed by atoms with E-state index in [0.717, 1.165) is 41.1 Å². The summed E-state index contributed by atoms with van der Waals surface area (Å²) >= 11 is 1.63. The van der Waals surface area contributed by atoms with Crippen LogP contribution in [0.3, 0.4) is 0 Å². The van der Waals surface area contributed by atoms with Crippen molar-refractivity contribution < 1.29 is 4.79 Å². The Morgan fingerprint density at radius 3 is 2.95 bits per heavy atom. The van der Waals surface area contributed by atoms with E-state index < -0.39 is 0 Å². The molecule has 0 aromatic carbocycles. The third kappa shape index (κ3) is 2.62. The highest BCUT2D eigenvalue weighted by molar-refractivity contribution is 7.17. The first kappa shape index (κ1) is 14.1. The second-order valence-corrected chi connectivity index (χ2v) is 8.05. The van der Waals surface area contributed by atoms with E-state index in [1.807, 2.05) is 0 Å². The molecule has 110 valence electrons. The number of carbonyl (C=O) groups excluding carboxylic acids is 1. The molecule has 1 fully saturated rings. The van der Waals surface area contributed by atoms with Crippen molar-refractivity contribution in [3.05, 3.63) is 10.6 Å². The summed E-state index contributed by atoms with van der Waals surface area (Å²) in [6.45, 7) is 8.82. The van der Waals surface area contributed by atoms with E-state index in [-0.39, 0.29) is 5.41 Å². The average molecular weight is 292 g/mol. The standard InChI is InChI=1S/C16H24N2OS/c1-4-11-6-5-7-18(10-11)15-17-12-8-16(2,3)9-13(19)14(12)20-15/h11H,4-10H2,1-3H3. The van der Waals surface area contributed by atoms with Crippen LogP contribution in [0.4, 0.5) is 5.13 Å². The van der Waals surface area contributed by atoms with Crippen LogP contribution in [0.1, 0.15) is 61.8 Å². The topological polar surface area (TPSA) is 33.2 Å². The van der Waals surface area contributed by atoms with Crippen molar-refractivity contribution in [2.24, 2.45) is 11.3 Å². The summed E-state index contributed by atoms with van der Waals surface area (Å²) in [7, 11) is 0. The molecular weight excluding hydrogens is 268 g/mol. The first-order valence-corrected chi connectivity index (χ1v) is 8.58. The zero-order valence-electron chi connectivity index (χ0n) is 12.7. The quantitative estimate of drug-likeness (QED) is 0.828. The molecule has 0 bridgehead atoms. The molecule has 1 aliphatic heterocycles. The lowest BCUT2D eigenvalue weighted by Gasteiger charge is -2.31. The van der Waals surface area contributed by atoms with Gasteiger partial charge in [-0.25, -0.2) is 4.98 Å². The summed E-state index contributed by atoms with van der Waals surface area (Å²) in [5, 5.41) is 1.08. The number of hydrogen-bond donors (Lipinski definition) is 0. The largest absolute Gasteiger partial charge is 0.348 e. The van der Waals surface area contributed by atoms with E-state index in [2.05, 4.69) is 25.7 Å². The van der Waals surface area contributed by atoms with Crippen molar-refractivity contribution in [2.75, 3.05) is 18.0 Å². The molecule has 1 aromatic heterocycles. The van der Waals surface area contributed by atoms with Gasteiger partial charge in [0.25, 0.3) is 0 Å². The highest BCUT2D eigenvalue weighted by atomic mass is 32.1. The molecule has 20 heavy (non-hydrogen) atoms. The zero-order chi connectivity index (χ0) is 14.3. The normalized spacial score (nSPS) is 25.6. The van der Waals surface area contributed by atoms with Crippen molar-refractivity contribution >= 4 is 22.3 Å². The number of anilines is 1. The van der Waals surface area contributed by atoms with Crippen LogP contribution >= 0.6 is 11.3 Å². The highest BCUT2D eigenvalue weighted by Crippen LogP contribution is 2.40. The molecule has 2 heterocycles. The minimum atomic E-state index is 0.0727. The van der Waals surface area contributed by atoms with Crippen molar-refractivity contribution in [3.63, 3.8) is 0 Å². The Morgan fingerprint density at radius 1 is 1.40 bits per heavy atom. The van der Waals surface area contributed by atoms with Gasteiger partial charge in [0.2, 0.25) is 0 Å². The monoisotopic (exact) mass is 292 g/mol. The number of nitrogens with zero attached hydrogens (tertiary/aromatic N) is 2. The van der Waals surface area contributed by atoms with Gasteiger partial charge in [-0.05, 0) is 30.6 Å². The molecule has 3 rings (SSSR count). The Balaban J connectivity index is 1.85. The van der Waals surface area contributed by atoms with Crippen molar-refractivity contribution in [2.45, 2.75) is 52.9 Å². The fourth-order valence-corrected chi connectivity index (χ4v) is 4.47. The van der Waals surface area contributed by atoms with Crippen LogP contribution < -0.4 is 4.90 Å². The van der Waals surface area contributed by atoms with Gasteiger partial charge in [-0.3, -0.25) is 4.79 Å². The van der Waals surface area contributed by atoms with Gasteiger partial charge in [0.1, 0.15) is 0 Å². The van der Waals surface area contributed by atoms with Gasteiger partial charge in [-0.1, -0.05) is 38.5 Å². The predicted octanol–water partition coefficient (Wildman–Crippen LogP) is 3.92. The highest BCUT2D eigenvalue weighted by Gasteiger charge is 2.35. The minimum Gasteiger partial charge on any atom is -0.348 e. The Bertz CT molecular complexity index is 521. The number of fused-ring (bicyclic) bond motifs is 1. The Hall–Kier alpha value is -0.900. The van der Waals surface area contributed by atoms with Gasteiger partial charge in [0, 0.05) is 19.5 Å². The van der Waals surface area contributed by atoms with E-state index in [9.17, 15) is 4.79 Å². The van der Waals surface area contributed by atoms with E-state index in [1.54, 1.807) is 11.3 Å². The molecule has 1 aliphatic carbocycles. The van der Waals surface area contributed by atoms with Crippen molar-refractivity contribution in [1.82, 2.24) is 4.98 Å². The molecule has 1 unspecified atom stereocenters. The molecule has 0 spiro atoms. The molecule has 2 aliphatic rings. The summed E-state index contributed by atoms with van der Waals surface area (Å²) in [5.41, 5.74) is 1.12. The minimum absolute atomic E-state index is 0.0727. The maximum absolute atomic E-state index is 12.3. The number of aromatic nitrogens is 1. The van der Waals surface area contributed by atoms with Gasteiger partial charge in [-0.2, -0.15) is 0 Å². The van der Waals surface area contributed by atoms with E-state index in [4.69, 9.17) is 4.98 Å². The third-order valence-corrected chi connectivity index (χ3v) is 5.79. The number of carbonyl (C=O) groups is 1. The van der Waals surface area contributed by atoms with Crippen LogP contribution in [0.25, 0.3) is 0 Å². The predicted molar refractivity (Wildman–Crippen MR) is 83.8 cm³/mol. The number of rotatable bonds is 2. The Labute approximate surface area is 125 Å². The smallest absolute Gasteiger partial charge is 0.186 e. The summed E-state index contributed by atoms with van der Waals surface area (Å²) in [4.78, 5) is 20.4. The molecule has 1 aromatic rings. The van der Waals surface area contributed by atoms with Crippen molar-refractivity contribution in [1.29, 1.82) is 0 Å². The summed E-state index contributed by atoms with van der Waals surface area (Å²) in [6.07, 6.45) is 5.44. The molecule has 1 atom stereocenters. The number of Topliss-reactive ketones (excluding diaryl/α,β-unsaturated/α-hetero) is 1. The summed E-state index contributed by atoms with van der Waals surface area (Å²) < 4.78 is 0. The number of hydrogen-bond acceptors (Lipinski definition) is 4. The lowest BCUT2D eigenvalue weighted by Crippen LogP contribution is -2.35. The van der Waals surface area contributed by atoms with Gasteiger partial charge in [0.15, 0.2) is 10.9 Å². The molecular formula is C16H24N2OS. The number of piperidine rings is 1. The SMILES string of the molecule is CCC1CCCN(c2nc3c(s2)C(=O)CC(C)(C)C3)C1. The van der Waals surface area contributed by atoms with Gasteiger partial charge >= 0.3 is 0 Å². The van der Waals surface area contributed by atoms with Crippen molar-refractivity contribution in [3.8, 4) is 0 Å². The second-order valence-electron chi connectivity index (χ2n) is 7.08. The fraction of sp³-hybridized carbons (Fsp3) is 0.750. The van der Waals surface area contributed by atoms with Crippen LogP contribution in [0.15, 0.2) is 0 Å². The van der Waals surface area contributed by atoms with Crippen LogP contribution in [-0.4, -0.2) is 23.9 Å². The number of thiazole rings is 1. The van der Waals surface area contributed by atoms with E-state index in [1.165, 1.54) is 19.3 Å². The number of ketones is 1. The summed E-state index contributed by atoms with van der Waals surface area (Å²) in [6, 6.07) is 0. The maximum Gasteiger partial charge on any atom is 0.186 e. The third-order valence-electron chi connectivity index (χ3n) is 4.59. The van der Waals surface area contributed by atoms with Crippen LogP contribution in [0, 0.1) is 11.3 Å². The first-order valence-electron chi connectivity index (χ1n) is 7.76. The second kappa shape index (κ2) is 5.14. The van der Waals surface area contributed by atoms with Gasteiger partial charge in [0.05, 0.1) is 10.6 Å². The average Bonchev–Trinajstić information content (AvgIpc) is 2.81.